The maximum atomic E-state index is 6.00. The fourth-order valence-electron chi connectivity index (χ4n) is 1.67. The molecule has 0 atom stereocenters. The molecule has 2 N–H and O–H groups in total. The van der Waals surface area contributed by atoms with Gasteiger partial charge in [-0.15, -0.1) is 0 Å². The topological polar surface area (TPSA) is 66.5 Å². The molecule has 1 saturated carbocycles. The molecular weight excluding hydrogens is 238 g/mol. The third-order valence-electron chi connectivity index (χ3n) is 2.73. The maximum Gasteiger partial charge on any atom is 0.154 e. The minimum absolute atomic E-state index is 0.492. The number of rotatable bonds is 3. The first kappa shape index (κ1) is 10.5. The van der Waals surface area contributed by atoms with Crippen LogP contribution in [0.4, 0.5) is 11.6 Å². The van der Waals surface area contributed by atoms with E-state index in [1.54, 1.807) is 6.20 Å². The molecule has 1 aliphatic rings. The van der Waals surface area contributed by atoms with E-state index < -0.39 is 0 Å². The zero-order valence-corrected chi connectivity index (χ0v) is 10.1. The van der Waals surface area contributed by atoms with Gasteiger partial charge in [0.1, 0.15) is 10.8 Å². The highest BCUT2D eigenvalue weighted by Gasteiger charge is 2.25. The van der Waals surface area contributed by atoms with Gasteiger partial charge in [0.05, 0.1) is 6.20 Å². The van der Waals surface area contributed by atoms with Gasteiger partial charge in [0.15, 0.2) is 11.6 Å². The van der Waals surface area contributed by atoms with Crippen LogP contribution in [0.3, 0.4) is 0 Å². The van der Waals surface area contributed by atoms with E-state index in [1.807, 2.05) is 13.0 Å². The summed E-state index contributed by atoms with van der Waals surface area (Å²) in [6.07, 6.45) is 4.07. The SMILES string of the molecule is Cc1ncc(Cl)c(Nc2cc(C3CC3)[nH]n2)n1. The van der Waals surface area contributed by atoms with Gasteiger partial charge >= 0.3 is 0 Å². The van der Waals surface area contributed by atoms with E-state index in [0.717, 1.165) is 5.82 Å². The van der Waals surface area contributed by atoms with E-state index >= 15 is 0 Å². The first-order valence-corrected chi connectivity index (χ1v) is 5.91. The van der Waals surface area contributed by atoms with Crippen molar-refractivity contribution in [2.75, 3.05) is 5.32 Å². The molecule has 2 aromatic heterocycles. The molecule has 2 aromatic rings. The molecular formula is C11H12ClN5. The fraction of sp³-hybridized carbons (Fsp3) is 0.364. The van der Waals surface area contributed by atoms with Crippen LogP contribution < -0.4 is 5.32 Å². The van der Waals surface area contributed by atoms with Crippen LogP contribution in [-0.4, -0.2) is 20.2 Å². The Kier molecular flexibility index (Phi) is 2.48. The normalized spacial score (nSPS) is 14.9. The van der Waals surface area contributed by atoms with Crippen molar-refractivity contribution >= 4 is 23.2 Å². The summed E-state index contributed by atoms with van der Waals surface area (Å²) in [4.78, 5) is 8.24. The number of aryl methyl sites for hydroxylation is 1. The minimum atomic E-state index is 0.492. The van der Waals surface area contributed by atoms with E-state index in [9.17, 15) is 0 Å². The standard InChI is InChI=1S/C11H12ClN5/c1-6-13-5-8(12)11(14-6)15-10-4-9(16-17-10)7-2-3-7/h4-5,7H,2-3H2,1H3,(H2,13,14,15,16,17). The summed E-state index contributed by atoms with van der Waals surface area (Å²) < 4.78 is 0. The van der Waals surface area contributed by atoms with Crippen molar-refractivity contribution < 1.29 is 0 Å². The Morgan fingerprint density at radius 1 is 1.47 bits per heavy atom. The van der Waals surface area contributed by atoms with Gasteiger partial charge in [0.25, 0.3) is 0 Å². The maximum absolute atomic E-state index is 6.00. The van der Waals surface area contributed by atoms with Crippen LogP contribution in [0.25, 0.3) is 0 Å². The number of halogens is 1. The lowest BCUT2D eigenvalue weighted by atomic mass is 10.3. The van der Waals surface area contributed by atoms with Gasteiger partial charge in [-0.2, -0.15) is 5.10 Å². The molecule has 88 valence electrons. The van der Waals surface area contributed by atoms with Gasteiger partial charge in [-0.25, -0.2) is 9.97 Å². The van der Waals surface area contributed by atoms with E-state index in [-0.39, 0.29) is 0 Å². The molecule has 0 spiro atoms. The lowest BCUT2D eigenvalue weighted by Crippen LogP contribution is -1.97. The molecule has 0 radical (unpaired) electrons. The summed E-state index contributed by atoms with van der Waals surface area (Å²) in [5.41, 5.74) is 1.18. The lowest BCUT2D eigenvalue weighted by Gasteiger charge is -2.03. The van der Waals surface area contributed by atoms with E-state index in [0.29, 0.717) is 22.6 Å². The van der Waals surface area contributed by atoms with Crippen molar-refractivity contribution in [2.24, 2.45) is 0 Å². The third-order valence-corrected chi connectivity index (χ3v) is 3.00. The molecule has 0 amide bonds. The molecule has 2 heterocycles. The number of aromatic amines is 1. The monoisotopic (exact) mass is 249 g/mol. The zero-order chi connectivity index (χ0) is 11.8. The molecule has 0 aromatic carbocycles. The van der Waals surface area contributed by atoms with Gasteiger partial charge < -0.3 is 5.32 Å². The number of nitrogens with one attached hydrogen (secondary N) is 2. The smallest absolute Gasteiger partial charge is 0.154 e. The van der Waals surface area contributed by atoms with Crippen LogP contribution in [0.15, 0.2) is 12.3 Å². The largest absolute Gasteiger partial charge is 0.322 e. The number of anilines is 2. The van der Waals surface area contributed by atoms with Gasteiger partial charge in [-0.05, 0) is 19.8 Å². The van der Waals surface area contributed by atoms with Crippen molar-refractivity contribution in [1.82, 2.24) is 20.2 Å². The summed E-state index contributed by atoms with van der Waals surface area (Å²) in [6.45, 7) is 1.82. The number of H-pyrrole nitrogens is 1. The molecule has 17 heavy (non-hydrogen) atoms. The summed E-state index contributed by atoms with van der Waals surface area (Å²) in [6, 6.07) is 2.01. The number of nitrogens with zero attached hydrogens (tertiary/aromatic N) is 3. The first-order chi connectivity index (χ1) is 8.22. The van der Waals surface area contributed by atoms with Gasteiger partial charge in [-0.1, -0.05) is 11.6 Å². The molecule has 0 unspecified atom stereocenters. The zero-order valence-electron chi connectivity index (χ0n) is 9.37. The number of hydrogen-bond donors (Lipinski definition) is 2. The van der Waals surface area contributed by atoms with Crippen molar-refractivity contribution in [3.8, 4) is 0 Å². The van der Waals surface area contributed by atoms with E-state index in [1.165, 1.54) is 18.5 Å². The predicted octanol–water partition coefficient (Wildman–Crippen LogP) is 2.78. The molecule has 3 rings (SSSR count). The Morgan fingerprint density at radius 3 is 3.06 bits per heavy atom. The number of aromatic nitrogens is 4. The minimum Gasteiger partial charge on any atom is -0.322 e. The third kappa shape index (κ3) is 2.24. The summed E-state index contributed by atoms with van der Waals surface area (Å²) in [7, 11) is 0. The van der Waals surface area contributed by atoms with Crippen molar-refractivity contribution in [1.29, 1.82) is 0 Å². The number of hydrogen-bond acceptors (Lipinski definition) is 4. The Balaban J connectivity index is 1.82. The predicted molar refractivity (Wildman–Crippen MR) is 65.6 cm³/mol. The molecule has 0 saturated heterocycles. The summed E-state index contributed by atoms with van der Waals surface area (Å²) >= 11 is 6.00. The Hall–Kier alpha value is -1.62. The van der Waals surface area contributed by atoms with Crippen LogP contribution in [0.5, 0.6) is 0 Å². The highest BCUT2D eigenvalue weighted by atomic mass is 35.5. The van der Waals surface area contributed by atoms with Crippen LogP contribution >= 0.6 is 11.6 Å². The van der Waals surface area contributed by atoms with Crippen molar-refractivity contribution in [3.05, 3.63) is 28.8 Å². The van der Waals surface area contributed by atoms with Gasteiger partial charge in [0, 0.05) is 17.7 Å². The summed E-state index contributed by atoms with van der Waals surface area (Å²) in [5.74, 6) is 2.66. The van der Waals surface area contributed by atoms with Crippen LogP contribution in [0.2, 0.25) is 5.02 Å². The van der Waals surface area contributed by atoms with Crippen LogP contribution in [-0.2, 0) is 0 Å². The highest BCUT2D eigenvalue weighted by molar-refractivity contribution is 6.32. The van der Waals surface area contributed by atoms with E-state index in [2.05, 4.69) is 25.5 Å². The van der Waals surface area contributed by atoms with Gasteiger partial charge in [-0.3, -0.25) is 5.10 Å². The second-order valence-electron chi connectivity index (χ2n) is 4.22. The lowest BCUT2D eigenvalue weighted by molar-refractivity contribution is 0.965. The molecule has 0 bridgehead atoms. The van der Waals surface area contributed by atoms with Crippen LogP contribution in [0, 0.1) is 6.92 Å². The van der Waals surface area contributed by atoms with Crippen LogP contribution in [0.1, 0.15) is 30.3 Å². The average Bonchev–Trinajstić information content (AvgIpc) is 3.05. The molecule has 5 nitrogen and oxygen atoms in total. The molecule has 6 heteroatoms. The van der Waals surface area contributed by atoms with Gasteiger partial charge in [0.2, 0.25) is 0 Å². The molecule has 1 fully saturated rings. The second-order valence-corrected chi connectivity index (χ2v) is 4.63. The van der Waals surface area contributed by atoms with Crippen molar-refractivity contribution in [3.63, 3.8) is 0 Å². The fourth-order valence-corrected chi connectivity index (χ4v) is 1.81. The van der Waals surface area contributed by atoms with E-state index in [4.69, 9.17) is 11.6 Å². The average molecular weight is 250 g/mol. The highest BCUT2D eigenvalue weighted by Crippen LogP contribution is 2.39. The van der Waals surface area contributed by atoms with Crippen molar-refractivity contribution in [2.45, 2.75) is 25.7 Å². The Bertz CT molecular complexity index is 547. The Labute approximate surface area is 104 Å². The quantitative estimate of drug-likeness (QED) is 0.878. The summed E-state index contributed by atoms with van der Waals surface area (Å²) in [5, 5.41) is 10.8. The Morgan fingerprint density at radius 2 is 2.29 bits per heavy atom. The first-order valence-electron chi connectivity index (χ1n) is 5.54. The second kappa shape index (κ2) is 4.00. The molecule has 1 aliphatic carbocycles. The molecule has 0 aliphatic heterocycles.